The summed E-state index contributed by atoms with van der Waals surface area (Å²) >= 11 is 0. The van der Waals surface area contributed by atoms with E-state index in [4.69, 9.17) is 5.26 Å². The molecule has 0 saturated heterocycles. The van der Waals surface area contributed by atoms with Crippen LogP contribution in [-0.2, 0) is 0 Å². The monoisotopic (exact) mass is 226 g/mol. The van der Waals surface area contributed by atoms with Gasteiger partial charge in [0.15, 0.2) is 0 Å². The highest BCUT2D eigenvalue weighted by atomic mass is 16.6. The third-order valence-electron chi connectivity index (χ3n) is 2.10. The molecule has 0 aliphatic rings. The van der Waals surface area contributed by atoms with E-state index < -0.39 is 4.92 Å². The van der Waals surface area contributed by atoms with Crippen molar-refractivity contribution < 1.29 is 4.92 Å². The van der Waals surface area contributed by atoms with E-state index in [2.05, 4.69) is 9.97 Å². The summed E-state index contributed by atoms with van der Waals surface area (Å²) in [7, 11) is 0. The largest absolute Gasteiger partial charge is 0.305 e. The van der Waals surface area contributed by atoms with Crippen molar-refractivity contribution in [1.29, 1.82) is 5.26 Å². The van der Waals surface area contributed by atoms with Gasteiger partial charge in [0.1, 0.15) is 6.07 Å². The van der Waals surface area contributed by atoms with Crippen LogP contribution < -0.4 is 0 Å². The maximum Gasteiger partial charge on any atom is 0.305 e. The van der Waals surface area contributed by atoms with Gasteiger partial charge in [0, 0.05) is 12.3 Å². The first kappa shape index (κ1) is 10.7. The van der Waals surface area contributed by atoms with E-state index >= 15 is 0 Å². The second-order valence-electron chi connectivity index (χ2n) is 3.15. The normalized spacial score (nSPS) is 9.59. The highest BCUT2D eigenvalue weighted by molar-refractivity contribution is 5.58. The molecule has 0 unspecified atom stereocenters. The van der Waals surface area contributed by atoms with Gasteiger partial charge in [-0.25, -0.2) is 4.98 Å². The first-order valence-electron chi connectivity index (χ1n) is 4.69. The number of aromatic nitrogens is 2. The summed E-state index contributed by atoms with van der Waals surface area (Å²) in [4.78, 5) is 18.0. The summed E-state index contributed by atoms with van der Waals surface area (Å²) in [6.07, 6.45) is 1.59. The summed E-state index contributed by atoms with van der Waals surface area (Å²) in [6, 6.07) is 9.68. The van der Waals surface area contributed by atoms with Gasteiger partial charge in [0.2, 0.25) is 5.69 Å². The molecule has 6 heteroatoms. The highest BCUT2D eigenvalue weighted by Crippen LogP contribution is 2.20. The van der Waals surface area contributed by atoms with E-state index in [1.54, 1.807) is 30.5 Å². The molecule has 0 saturated carbocycles. The predicted molar refractivity (Wildman–Crippen MR) is 58.8 cm³/mol. The van der Waals surface area contributed by atoms with Crippen LogP contribution in [0.15, 0.2) is 36.5 Å². The van der Waals surface area contributed by atoms with Crippen LogP contribution in [0.2, 0.25) is 0 Å². The Hall–Kier alpha value is -2.81. The van der Waals surface area contributed by atoms with Crippen molar-refractivity contribution in [2.45, 2.75) is 0 Å². The van der Waals surface area contributed by atoms with Gasteiger partial charge in [-0.15, -0.1) is 0 Å². The lowest BCUT2D eigenvalue weighted by Crippen LogP contribution is -1.97. The van der Waals surface area contributed by atoms with Crippen LogP contribution in [0.4, 0.5) is 5.69 Å². The molecule has 0 radical (unpaired) electrons. The molecular weight excluding hydrogens is 220 g/mol. The minimum atomic E-state index is -0.631. The lowest BCUT2D eigenvalue weighted by atomic mass is 10.2. The highest BCUT2D eigenvalue weighted by Gasteiger charge is 2.16. The first-order valence-corrected chi connectivity index (χ1v) is 4.69. The standard InChI is InChI=1S/C11H6N4O2/c12-7-10-11(15(16)17)5-4-9(14-10)8-3-1-2-6-13-8/h1-6H. The minimum absolute atomic E-state index is 0.210. The molecule has 2 aromatic rings. The summed E-state index contributed by atoms with van der Waals surface area (Å²) in [5.74, 6) is 0. The lowest BCUT2D eigenvalue weighted by Gasteiger charge is -2.00. The van der Waals surface area contributed by atoms with E-state index in [1.165, 1.54) is 12.1 Å². The Labute approximate surface area is 96.3 Å². The Kier molecular flexibility index (Phi) is 2.75. The molecule has 0 amide bonds. The smallest absolute Gasteiger partial charge is 0.258 e. The molecule has 0 fully saturated rings. The quantitative estimate of drug-likeness (QED) is 0.576. The van der Waals surface area contributed by atoms with Gasteiger partial charge in [0.05, 0.1) is 16.3 Å². The summed E-state index contributed by atoms with van der Waals surface area (Å²) in [5.41, 5.74) is 0.497. The Morgan fingerprint density at radius 1 is 1.24 bits per heavy atom. The van der Waals surface area contributed by atoms with Crippen molar-refractivity contribution in [2.75, 3.05) is 0 Å². The van der Waals surface area contributed by atoms with E-state index in [9.17, 15) is 10.1 Å². The SMILES string of the molecule is N#Cc1nc(-c2ccccn2)ccc1[N+](=O)[O-]. The molecule has 0 bridgehead atoms. The van der Waals surface area contributed by atoms with Gasteiger partial charge in [-0.3, -0.25) is 15.1 Å². The molecule has 2 rings (SSSR count). The zero-order chi connectivity index (χ0) is 12.3. The lowest BCUT2D eigenvalue weighted by molar-refractivity contribution is -0.385. The van der Waals surface area contributed by atoms with E-state index in [1.807, 2.05) is 0 Å². The Morgan fingerprint density at radius 2 is 2.06 bits per heavy atom. The molecule has 2 heterocycles. The van der Waals surface area contributed by atoms with Crippen molar-refractivity contribution in [3.8, 4) is 17.5 Å². The van der Waals surface area contributed by atoms with Crippen molar-refractivity contribution >= 4 is 5.69 Å². The summed E-state index contributed by atoms with van der Waals surface area (Å²) in [6.45, 7) is 0. The molecule has 0 aromatic carbocycles. The second kappa shape index (κ2) is 4.37. The zero-order valence-corrected chi connectivity index (χ0v) is 8.57. The van der Waals surface area contributed by atoms with Crippen LogP contribution in [0.1, 0.15) is 5.69 Å². The van der Waals surface area contributed by atoms with E-state index in [-0.39, 0.29) is 11.4 Å². The topological polar surface area (TPSA) is 92.7 Å². The third-order valence-corrected chi connectivity index (χ3v) is 2.10. The Morgan fingerprint density at radius 3 is 2.65 bits per heavy atom. The van der Waals surface area contributed by atoms with Gasteiger partial charge in [-0.05, 0) is 18.2 Å². The molecule has 82 valence electrons. The molecule has 0 spiro atoms. The van der Waals surface area contributed by atoms with Crippen LogP contribution in [0.5, 0.6) is 0 Å². The maximum atomic E-state index is 10.6. The second-order valence-corrected chi connectivity index (χ2v) is 3.15. The molecule has 2 aromatic heterocycles. The van der Waals surface area contributed by atoms with E-state index in [0.29, 0.717) is 11.4 Å². The number of nitrogens with zero attached hydrogens (tertiary/aromatic N) is 4. The predicted octanol–water partition coefficient (Wildman–Crippen LogP) is 1.92. The number of pyridine rings is 2. The number of nitro groups is 1. The number of nitriles is 1. The van der Waals surface area contributed by atoms with Gasteiger partial charge in [-0.1, -0.05) is 6.07 Å². The molecule has 0 aliphatic heterocycles. The average molecular weight is 226 g/mol. The number of hydrogen-bond donors (Lipinski definition) is 0. The first-order chi connectivity index (χ1) is 8.22. The van der Waals surface area contributed by atoms with E-state index in [0.717, 1.165) is 0 Å². The van der Waals surface area contributed by atoms with Crippen LogP contribution in [0, 0.1) is 21.4 Å². The average Bonchev–Trinajstić information content (AvgIpc) is 2.39. The fourth-order valence-corrected chi connectivity index (χ4v) is 1.34. The zero-order valence-electron chi connectivity index (χ0n) is 8.57. The maximum absolute atomic E-state index is 10.6. The fourth-order valence-electron chi connectivity index (χ4n) is 1.34. The van der Waals surface area contributed by atoms with Gasteiger partial charge in [-0.2, -0.15) is 5.26 Å². The van der Waals surface area contributed by atoms with Crippen molar-refractivity contribution in [3.05, 3.63) is 52.3 Å². The summed E-state index contributed by atoms with van der Waals surface area (Å²) in [5, 5.41) is 19.4. The minimum Gasteiger partial charge on any atom is -0.258 e. The van der Waals surface area contributed by atoms with Gasteiger partial charge < -0.3 is 0 Å². The number of rotatable bonds is 2. The van der Waals surface area contributed by atoms with Crippen LogP contribution in [-0.4, -0.2) is 14.9 Å². The molecule has 0 N–H and O–H groups in total. The summed E-state index contributed by atoms with van der Waals surface area (Å²) < 4.78 is 0. The van der Waals surface area contributed by atoms with Gasteiger partial charge >= 0.3 is 5.69 Å². The van der Waals surface area contributed by atoms with Crippen molar-refractivity contribution in [2.24, 2.45) is 0 Å². The van der Waals surface area contributed by atoms with Gasteiger partial charge in [0.25, 0.3) is 0 Å². The molecule has 0 aliphatic carbocycles. The Bertz CT molecular complexity index is 605. The van der Waals surface area contributed by atoms with Crippen LogP contribution in [0.25, 0.3) is 11.4 Å². The Balaban J connectivity index is 2.54. The van der Waals surface area contributed by atoms with Crippen molar-refractivity contribution in [3.63, 3.8) is 0 Å². The van der Waals surface area contributed by atoms with Crippen LogP contribution >= 0.6 is 0 Å². The third kappa shape index (κ3) is 2.08. The number of hydrogen-bond acceptors (Lipinski definition) is 5. The molecular formula is C11H6N4O2. The van der Waals surface area contributed by atoms with Crippen LogP contribution in [0.3, 0.4) is 0 Å². The molecule has 6 nitrogen and oxygen atoms in total. The van der Waals surface area contributed by atoms with Crippen molar-refractivity contribution in [1.82, 2.24) is 9.97 Å². The molecule has 17 heavy (non-hydrogen) atoms. The fraction of sp³-hybridized carbons (Fsp3) is 0. The molecule has 0 atom stereocenters.